The van der Waals surface area contributed by atoms with E-state index in [2.05, 4.69) is 15.2 Å². The van der Waals surface area contributed by atoms with Gasteiger partial charge >= 0.3 is 6.18 Å². The lowest BCUT2D eigenvalue weighted by atomic mass is 9.96. The second kappa shape index (κ2) is 7.83. The van der Waals surface area contributed by atoms with Gasteiger partial charge in [-0.2, -0.15) is 13.2 Å². The maximum Gasteiger partial charge on any atom is 0.419 e. The zero-order valence-electron chi connectivity index (χ0n) is 13.9. The summed E-state index contributed by atoms with van der Waals surface area (Å²) in [5, 5.41) is 2.59. The molecule has 2 heterocycles. The van der Waals surface area contributed by atoms with Crippen molar-refractivity contribution >= 4 is 11.7 Å². The molecule has 134 valence electrons. The van der Waals surface area contributed by atoms with Gasteiger partial charge in [-0.05, 0) is 44.0 Å². The fraction of sp³-hybridized carbons (Fsp3) is 0.625. The van der Waals surface area contributed by atoms with Crippen molar-refractivity contribution in [2.24, 2.45) is 5.92 Å². The van der Waals surface area contributed by atoms with Gasteiger partial charge < -0.3 is 10.2 Å². The molecule has 24 heavy (non-hydrogen) atoms. The van der Waals surface area contributed by atoms with Crippen LogP contribution in [0.5, 0.6) is 0 Å². The number of likely N-dealkylation sites (N-methyl/N-ethyl adjacent to an activating group) is 1. The van der Waals surface area contributed by atoms with Crippen molar-refractivity contribution in [3.05, 3.63) is 23.9 Å². The van der Waals surface area contributed by atoms with Crippen LogP contribution in [0, 0.1) is 5.92 Å². The third-order valence-electron chi connectivity index (χ3n) is 4.34. The van der Waals surface area contributed by atoms with Crippen LogP contribution in [0.3, 0.4) is 0 Å². The number of carbonyl (C=O) groups is 1. The molecule has 0 radical (unpaired) electrons. The second-order valence-corrected chi connectivity index (χ2v) is 6.15. The molecule has 0 unspecified atom stereocenters. The number of amides is 1. The first-order valence-corrected chi connectivity index (χ1v) is 7.97. The number of halogens is 3. The summed E-state index contributed by atoms with van der Waals surface area (Å²) in [6.07, 6.45) is -1.31. The van der Waals surface area contributed by atoms with Crippen molar-refractivity contribution in [3.8, 4) is 0 Å². The highest BCUT2D eigenvalue weighted by atomic mass is 19.4. The highest BCUT2D eigenvalue weighted by Gasteiger charge is 2.35. The average molecular weight is 344 g/mol. The van der Waals surface area contributed by atoms with E-state index < -0.39 is 11.7 Å². The van der Waals surface area contributed by atoms with E-state index >= 15 is 0 Å². The van der Waals surface area contributed by atoms with Gasteiger partial charge in [0.2, 0.25) is 5.91 Å². The fourth-order valence-corrected chi connectivity index (χ4v) is 3.01. The van der Waals surface area contributed by atoms with Gasteiger partial charge in [-0.3, -0.25) is 9.69 Å². The molecule has 1 N–H and O–H groups in total. The number of nitrogens with one attached hydrogen (secondary N) is 1. The third-order valence-corrected chi connectivity index (χ3v) is 4.34. The van der Waals surface area contributed by atoms with E-state index in [0.717, 1.165) is 32.0 Å². The van der Waals surface area contributed by atoms with E-state index in [9.17, 15) is 18.0 Å². The van der Waals surface area contributed by atoms with E-state index in [1.807, 2.05) is 0 Å². The molecule has 0 spiro atoms. The molecule has 1 aromatic heterocycles. The normalized spacial score (nSPS) is 16.9. The van der Waals surface area contributed by atoms with E-state index in [1.165, 1.54) is 12.3 Å². The number of hydrogen-bond acceptors (Lipinski definition) is 4. The molecule has 8 heteroatoms. The van der Waals surface area contributed by atoms with Crippen LogP contribution in [-0.2, 0) is 11.0 Å². The monoisotopic (exact) mass is 344 g/mol. The van der Waals surface area contributed by atoms with Crippen molar-refractivity contribution < 1.29 is 18.0 Å². The lowest BCUT2D eigenvalue weighted by Gasteiger charge is -2.34. The Balaban J connectivity index is 1.93. The summed E-state index contributed by atoms with van der Waals surface area (Å²) >= 11 is 0. The smallest absolute Gasteiger partial charge is 0.359 e. The number of alkyl halides is 3. The van der Waals surface area contributed by atoms with Crippen LogP contribution >= 0.6 is 0 Å². The summed E-state index contributed by atoms with van der Waals surface area (Å²) in [7, 11) is 3.25. The molecule has 0 aliphatic carbocycles. The average Bonchev–Trinajstić information content (AvgIpc) is 2.55. The Morgan fingerprint density at radius 2 is 2.08 bits per heavy atom. The molecule has 0 saturated carbocycles. The number of likely N-dealkylation sites (tertiary alicyclic amines) is 1. The summed E-state index contributed by atoms with van der Waals surface area (Å²) in [5.41, 5.74) is -0.704. The van der Waals surface area contributed by atoms with Crippen molar-refractivity contribution in [1.29, 1.82) is 0 Å². The highest BCUT2D eigenvalue weighted by molar-refractivity contribution is 5.77. The molecule has 0 atom stereocenters. The van der Waals surface area contributed by atoms with Gasteiger partial charge in [0, 0.05) is 26.8 Å². The Morgan fingerprint density at radius 3 is 2.67 bits per heavy atom. The first kappa shape index (κ1) is 18.5. The largest absolute Gasteiger partial charge is 0.419 e. The maximum absolute atomic E-state index is 13.1. The summed E-state index contributed by atoms with van der Waals surface area (Å²) in [4.78, 5) is 19.0. The minimum atomic E-state index is -4.41. The number of carbonyl (C=O) groups excluding carboxylic acids is 1. The van der Waals surface area contributed by atoms with Crippen molar-refractivity contribution in [2.75, 3.05) is 45.2 Å². The molecule has 0 bridgehead atoms. The molecule has 1 amide bonds. The number of hydrogen-bond donors (Lipinski definition) is 1. The second-order valence-electron chi connectivity index (χ2n) is 6.15. The maximum atomic E-state index is 13.1. The lowest BCUT2D eigenvalue weighted by Crippen LogP contribution is -2.42. The van der Waals surface area contributed by atoms with Gasteiger partial charge in [-0.15, -0.1) is 0 Å². The molecule has 1 fully saturated rings. The van der Waals surface area contributed by atoms with E-state index in [1.54, 1.807) is 19.0 Å². The Hall–Kier alpha value is -1.83. The molecule has 1 saturated heterocycles. The molecule has 1 aromatic rings. The van der Waals surface area contributed by atoms with E-state index in [0.29, 0.717) is 19.0 Å². The van der Waals surface area contributed by atoms with Gasteiger partial charge in [0.05, 0.1) is 12.1 Å². The number of piperidine rings is 1. The Bertz CT molecular complexity index is 556. The lowest BCUT2D eigenvalue weighted by molar-refractivity contribution is -0.137. The first-order chi connectivity index (χ1) is 11.3. The van der Waals surface area contributed by atoms with Gasteiger partial charge in [-0.1, -0.05) is 0 Å². The van der Waals surface area contributed by atoms with Crippen LogP contribution in [-0.4, -0.2) is 56.1 Å². The van der Waals surface area contributed by atoms with E-state index in [-0.39, 0.29) is 11.7 Å². The number of nitrogens with zero attached hydrogens (tertiary/aromatic N) is 3. The predicted molar refractivity (Wildman–Crippen MR) is 85.7 cm³/mol. The van der Waals surface area contributed by atoms with Crippen molar-refractivity contribution in [2.45, 2.75) is 19.0 Å². The van der Waals surface area contributed by atoms with Crippen LogP contribution in [0.25, 0.3) is 0 Å². The Kier molecular flexibility index (Phi) is 6.04. The molecule has 0 aromatic carbocycles. The minimum Gasteiger partial charge on any atom is -0.359 e. The SMILES string of the molecule is CNC(=O)CN1CCC(CN(C)c2ncccc2C(F)(F)F)CC1. The van der Waals surface area contributed by atoms with Crippen LogP contribution in [0.2, 0.25) is 0 Å². The summed E-state index contributed by atoms with van der Waals surface area (Å²) in [6, 6.07) is 2.36. The van der Waals surface area contributed by atoms with Crippen molar-refractivity contribution in [1.82, 2.24) is 15.2 Å². The number of aromatic nitrogens is 1. The number of anilines is 1. The first-order valence-electron chi connectivity index (χ1n) is 7.97. The Morgan fingerprint density at radius 1 is 1.42 bits per heavy atom. The fourth-order valence-electron chi connectivity index (χ4n) is 3.01. The predicted octanol–water partition coefficient (Wildman–Crippen LogP) is 1.99. The summed E-state index contributed by atoms with van der Waals surface area (Å²) in [6.45, 7) is 2.45. The minimum absolute atomic E-state index is 0.0196. The zero-order chi connectivity index (χ0) is 17.7. The van der Waals surface area contributed by atoms with Crippen LogP contribution < -0.4 is 10.2 Å². The Labute approximate surface area is 139 Å². The molecule has 1 aliphatic rings. The topological polar surface area (TPSA) is 48.5 Å². The van der Waals surface area contributed by atoms with Gasteiger partial charge in [-0.25, -0.2) is 4.98 Å². The molecule has 2 rings (SSSR count). The van der Waals surface area contributed by atoms with Crippen molar-refractivity contribution in [3.63, 3.8) is 0 Å². The molecular weight excluding hydrogens is 321 g/mol. The molecule has 1 aliphatic heterocycles. The van der Waals surface area contributed by atoms with Gasteiger partial charge in [0.1, 0.15) is 5.82 Å². The molecular formula is C16H23F3N4O. The number of rotatable bonds is 5. The van der Waals surface area contributed by atoms with Gasteiger partial charge in [0.25, 0.3) is 0 Å². The zero-order valence-corrected chi connectivity index (χ0v) is 13.9. The van der Waals surface area contributed by atoms with Crippen LogP contribution in [0.4, 0.5) is 19.0 Å². The third kappa shape index (κ3) is 4.83. The molecule has 5 nitrogen and oxygen atoms in total. The quantitative estimate of drug-likeness (QED) is 0.888. The van der Waals surface area contributed by atoms with Crippen LogP contribution in [0.1, 0.15) is 18.4 Å². The standard InChI is InChI=1S/C16H23F3N4O/c1-20-14(24)11-23-8-5-12(6-9-23)10-22(2)15-13(16(17,18)19)4-3-7-21-15/h3-4,7,12H,5-6,8-11H2,1-2H3,(H,20,24). The summed E-state index contributed by atoms with van der Waals surface area (Å²) < 4.78 is 39.2. The van der Waals surface area contributed by atoms with E-state index in [4.69, 9.17) is 0 Å². The highest BCUT2D eigenvalue weighted by Crippen LogP contribution is 2.35. The number of pyridine rings is 1. The van der Waals surface area contributed by atoms with Gasteiger partial charge in [0.15, 0.2) is 0 Å². The summed E-state index contributed by atoms with van der Waals surface area (Å²) in [5.74, 6) is 0.241. The van der Waals surface area contributed by atoms with Crippen LogP contribution in [0.15, 0.2) is 18.3 Å².